The van der Waals surface area contributed by atoms with Crippen LogP contribution in [0, 0.1) is 17.8 Å². The van der Waals surface area contributed by atoms with E-state index < -0.39 is 0 Å². The molecule has 0 spiro atoms. The molecule has 1 aliphatic rings. The van der Waals surface area contributed by atoms with E-state index in [1.54, 1.807) is 0 Å². The van der Waals surface area contributed by atoms with Crippen LogP contribution < -0.4 is 5.73 Å². The largest absolute Gasteiger partial charge is 0.341 e. The Hall–Kier alpha value is -0.280. The van der Waals surface area contributed by atoms with Crippen molar-refractivity contribution in [3.05, 3.63) is 0 Å². The first kappa shape index (κ1) is 17.7. The van der Waals surface area contributed by atoms with E-state index >= 15 is 0 Å². The Kier molecular flexibility index (Phi) is 7.88. The summed E-state index contributed by atoms with van der Waals surface area (Å²) in [5.74, 6) is 2.15. The summed E-state index contributed by atoms with van der Waals surface area (Å²) in [6.07, 6.45) is 3.07. The molecule has 3 nitrogen and oxygen atoms in total. The summed E-state index contributed by atoms with van der Waals surface area (Å²) in [7, 11) is 0. The molecule has 2 N–H and O–H groups in total. The highest BCUT2D eigenvalue weighted by Gasteiger charge is 2.27. The Labute approximate surface area is 118 Å². The molecule has 0 radical (unpaired) electrons. The number of carbonyl (C=O) groups is 1. The molecule has 18 heavy (non-hydrogen) atoms. The second kappa shape index (κ2) is 8.00. The van der Waals surface area contributed by atoms with Gasteiger partial charge in [-0.3, -0.25) is 4.79 Å². The van der Waals surface area contributed by atoms with Crippen molar-refractivity contribution in [3.8, 4) is 0 Å². The molecule has 0 aromatic carbocycles. The minimum atomic E-state index is -0.300. The lowest BCUT2D eigenvalue weighted by molar-refractivity contribution is -0.134. The summed E-state index contributed by atoms with van der Waals surface area (Å²) >= 11 is 0. The van der Waals surface area contributed by atoms with Gasteiger partial charge in [-0.25, -0.2) is 0 Å². The second-order valence-corrected chi connectivity index (χ2v) is 6.14. The molecular formula is C14H29ClN2O. The predicted molar refractivity (Wildman–Crippen MR) is 78.8 cm³/mol. The van der Waals surface area contributed by atoms with Crippen LogP contribution in [0.1, 0.15) is 47.0 Å². The summed E-state index contributed by atoms with van der Waals surface area (Å²) in [6, 6.07) is -0.300. The zero-order chi connectivity index (χ0) is 13.0. The van der Waals surface area contributed by atoms with Crippen molar-refractivity contribution in [1.82, 2.24) is 4.90 Å². The van der Waals surface area contributed by atoms with Crippen molar-refractivity contribution in [2.75, 3.05) is 13.1 Å². The van der Waals surface area contributed by atoms with Gasteiger partial charge in [0.2, 0.25) is 5.91 Å². The third-order valence-corrected chi connectivity index (χ3v) is 3.84. The molecule has 108 valence electrons. The van der Waals surface area contributed by atoms with Gasteiger partial charge in [-0.2, -0.15) is 0 Å². The van der Waals surface area contributed by atoms with E-state index in [-0.39, 0.29) is 24.4 Å². The van der Waals surface area contributed by atoms with Gasteiger partial charge in [0.25, 0.3) is 0 Å². The van der Waals surface area contributed by atoms with Crippen LogP contribution in [0.2, 0.25) is 0 Å². The lowest BCUT2D eigenvalue weighted by atomic mass is 9.86. The zero-order valence-electron chi connectivity index (χ0n) is 12.2. The highest BCUT2D eigenvalue weighted by atomic mass is 35.5. The molecule has 1 atom stereocenters. The van der Waals surface area contributed by atoms with E-state index in [1.807, 2.05) is 4.90 Å². The Balaban J connectivity index is 0.00000289. The highest BCUT2D eigenvalue weighted by molar-refractivity contribution is 5.85. The van der Waals surface area contributed by atoms with Gasteiger partial charge in [-0.1, -0.05) is 27.7 Å². The number of nitrogens with two attached hydrogens (primary N) is 1. The summed E-state index contributed by atoms with van der Waals surface area (Å²) in [4.78, 5) is 14.1. The minimum absolute atomic E-state index is 0. The average molecular weight is 277 g/mol. The van der Waals surface area contributed by atoms with E-state index in [9.17, 15) is 4.79 Å². The molecule has 1 rings (SSSR count). The number of hydrogen-bond donors (Lipinski definition) is 1. The average Bonchev–Trinajstić information content (AvgIpc) is 2.27. The van der Waals surface area contributed by atoms with Crippen molar-refractivity contribution in [2.45, 2.75) is 53.0 Å². The number of piperidine rings is 1. The van der Waals surface area contributed by atoms with Crippen molar-refractivity contribution >= 4 is 18.3 Å². The van der Waals surface area contributed by atoms with Crippen molar-refractivity contribution in [1.29, 1.82) is 0 Å². The van der Waals surface area contributed by atoms with Gasteiger partial charge in [0.05, 0.1) is 6.04 Å². The van der Waals surface area contributed by atoms with Crippen LogP contribution in [0.15, 0.2) is 0 Å². The Morgan fingerprint density at radius 2 is 1.72 bits per heavy atom. The number of rotatable bonds is 4. The van der Waals surface area contributed by atoms with Gasteiger partial charge < -0.3 is 10.6 Å². The Morgan fingerprint density at radius 3 is 2.11 bits per heavy atom. The molecule has 0 saturated carbocycles. The third kappa shape index (κ3) is 5.15. The highest BCUT2D eigenvalue weighted by Crippen LogP contribution is 2.24. The van der Waals surface area contributed by atoms with Gasteiger partial charge in [0, 0.05) is 13.1 Å². The number of halogens is 1. The van der Waals surface area contributed by atoms with Crippen LogP contribution in [0.3, 0.4) is 0 Å². The summed E-state index contributed by atoms with van der Waals surface area (Å²) in [5, 5.41) is 0. The van der Waals surface area contributed by atoms with Crippen LogP contribution in [-0.2, 0) is 4.79 Å². The topological polar surface area (TPSA) is 46.3 Å². The van der Waals surface area contributed by atoms with Gasteiger partial charge in [-0.05, 0) is 37.0 Å². The SMILES string of the molecule is CC(C)C[C@H](N)C(=O)N1CCC(C(C)C)CC1.Cl. The van der Waals surface area contributed by atoms with Crippen molar-refractivity contribution in [2.24, 2.45) is 23.5 Å². The standard InChI is InChI=1S/C14H28N2O.ClH/c1-10(2)9-13(15)14(17)16-7-5-12(6-8-16)11(3)4;/h10-13H,5-9,15H2,1-4H3;1H/t13-;/m0./s1. The van der Waals surface area contributed by atoms with E-state index in [1.165, 1.54) is 0 Å². The quantitative estimate of drug-likeness (QED) is 0.858. The Morgan fingerprint density at radius 1 is 1.22 bits per heavy atom. The predicted octanol–water partition coefficient (Wildman–Crippen LogP) is 2.68. The first-order valence-corrected chi connectivity index (χ1v) is 6.96. The molecule has 0 unspecified atom stereocenters. The van der Waals surface area contributed by atoms with E-state index in [0.717, 1.165) is 44.2 Å². The normalized spacial score (nSPS) is 18.9. The molecule has 1 heterocycles. The number of carbonyl (C=O) groups excluding carboxylic acids is 1. The second-order valence-electron chi connectivity index (χ2n) is 6.14. The lowest BCUT2D eigenvalue weighted by Gasteiger charge is -2.35. The number of amides is 1. The molecule has 0 aromatic rings. The fourth-order valence-corrected chi connectivity index (χ4v) is 2.63. The smallest absolute Gasteiger partial charge is 0.239 e. The van der Waals surface area contributed by atoms with Gasteiger partial charge in [-0.15, -0.1) is 12.4 Å². The van der Waals surface area contributed by atoms with E-state index in [0.29, 0.717) is 5.92 Å². The van der Waals surface area contributed by atoms with Crippen molar-refractivity contribution < 1.29 is 4.79 Å². The molecule has 1 aliphatic heterocycles. The van der Waals surface area contributed by atoms with Crippen LogP contribution >= 0.6 is 12.4 Å². The maximum absolute atomic E-state index is 12.1. The van der Waals surface area contributed by atoms with Crippen LogP contribution in [0.5, 0.6) is 0 Å². The number of nitrogens with zero attached hydrogens (tertiary/aromatic N) is 1. The maximum atomic E-state index is 12.1. The van der Waals surface area contributed by atoms with Crippen LogP contribution in [0.4, 0.5) is 0 Å². The fraction of sp³-hybridized carbons (Fsp3) is 0.929. The minimum Gasteiger partial charge on any atom is -0.341 e. The summed E-state index contributed by atoms with van der Waals surface area (Å²) < 4.78 is 0. The fourth-order valence-electron chi connectivity index (χ4n) is 2.63. The molecule has 1 amide bonds. The van der Waals surface area contributed by atoms with Gasteiger partial charge in [0.15, 0.2) is 0 Å². The number of hydrogen-bond acceptors (Lipinski definition) is 2. The molecular weight excluding hydrogens is 248 g/mol. The monoisotopic (exact) mass is 276 g/mol. The summed E-state index contributed by atoms with van der Waals surface area (Å²) in [5.41, 5.74) is 5.95. The number of likely N-dealkylation sites (tertiary alicyclic amines) is 1. The zero-order valence-corrected chi connectivity index (χ0v) is 13.0. The third-order valence-electron chi connectivity index (χ3n) is 3.84. The van der Waals surface area contributed by atoms with Gasteiger partial charge >= 0.3 is 0 Å². The molecule has 0 aromatic heterocycles. The van der Waals surface area contributed by atoms with Crippen molar-refractivity contribution in [3.63, 3.8) is 0 Å². The maximum Gasteiger partial charge on any atom is 0.239 e. The van der Waals surface area contributed by atoms with Crippen LogP contribution in [-0.4, -0.2) is 29.9 Å². The Bertz CT molecular complexity index is 248. The molecule has 1 fully saturated rings. The van der Waals surface area contributed by atoms with Gasteiger partial charge in [0.1, 0.15) is 0 Å². The molecule has 1 saturated heterocycles. The van der Waals surface area contributed by atoms with E-state index in [4.69, 9.17) is 5.73 Å². The van der Waals surface area contributed by atoms with Crippen LogP contribution in [0.25, 0.3) is 0 Å². The summed E-state index contributed by atoms with van der Waals surface area (Å²) in [6.45, 7) is 10.6. The lowest BCUT2D eigenvalue weighted by Crippen LogP contribution is -2.48. The molecule has 4 heteroatoms. The molecule has 0 bridgehead atoms. The first-order valence-electron chi connectivity index (χ1n) is 6.96. The first-order chi connectivity index (χ1) is 7.91. The van der Waals surface area contributed by atoms with E-state index in [2.05, 4.69) is 27.7 Å². The molecule has 0 aliphatic carbocycles.